The molecule has 2 N–H and O–H groups in total. The zero-order chi connectivity index (χ0) is 27.0. The van der Waals surface area contributed by atoms with Crippen LogP contribution in [0.4, 0.5) is 13.2 Å². The van der Waals surface area contributed by atoms with Gasteiger partial charge < -0.3 is 24.2 Å². The van der Waals surface area contributed by atoms with Gasteiger partial charge in [-0.1, -0.05) is 23.2 Å². The Morgan fingerprint density at radius 2 is 1.89 bits per heavy atom. The van der Waals surface area contributed by atoms with Crippen LogP contribution in [0.2, 0.25) is 0 Å². The molecule has 1 saturated heterocycles. The number of hydrogen-bond acceptors (Lipinski definition) is 9. The average molecular weight is 534 g/mol. The fraction of sp³-hybridized carbons (Fsp3) is 0.520. The van der Waals surface area contributed by atoms with Gasteiger partial charge in [-0.3, -0.25) is 0 Å². The molecule has 13 heteroatoms. The second kappa shape index (κ2) is 10.5. The first kappa shape index (κ1) is 26.3. The van der Waals surface area contributed by atoms with E-state index >= 15 is 0 Å². The zero-order valence-corrected chi connectivity index (χ0v) is 20.4. The lowest BCUT2D eigenvalue weighted by atomic mass is 9.85. The number of hydrogen-bond donors (Lipinski definition) is 2. The summed E-state index contributed by atoms with van der Waals surface area (Å²) in [7, 11) is 1.42. The average Bonchev–Trinajstić information content (AvgIpc) is 3.69. The molecule has 38 heavy (non-hydrogen) atoms. The van der Waals surface area contributed by atoms with Crippen LogP contribution in [0.1, 0.15) is 43.2 Å². The van der Waals surface area contributed by atoms with E-state index in [1.165, 1.54) is 18.0 Å². The predicted molar refractivity (Wildman–Crippen MR) is 123 cm³/mol. The van der Waals surface area contributed by atoms with Crippen molar-refractivity contribution in [3.05, 3.63) is 53.3 Å². The van der Waals surface area contributed by atoms with E-state index < -0.39 is 59.9 Å². The summed E-state index contributed by atoms with van der Waals surface area (Å²) in [5, 5.41) is 42.7. The minimum atomic E-state index is -1.60. The Morgan fingerprint density at radius 1 is 1.18 bits per heavy atom. The van der Waals surface area contributed by atoms with E-state index in [0.717, 1.165) is 25.0 Å². The molecule has 1 saturated carbocycles. The third-order valence-electron chi connectivity index (χ3n) is 7.44. The smallest absolute Gasteiger partial charge is 0.194 e. The van der Waals surface area contributed by atoms with Gasteiger partial charge in [-0.15, -0.1) is 5.10 Å². The van der Waals surface area contributed by atoms with Crippen LogP contribution in [-0.4, -0.2) is 68.5 Å². The number of nitriles is 1. The van der Waals surface area contributed by atoms with Crippen LogP contribution < -0.4 is 0 Å². The van der Waals surface area contributed by atoms with E-state index in [1.807, 2.05) is 0 Å². The van der Waals surface area contributed by atoms with Crippen LogP contribution in [0.25, 0.3) is 11.3 Å². The molecule has 1 aliphatic carbocycles. The van der Waals surface area contributed by atoms with Gasteiger partial charge in [0.05, 0.1) is 30.7 Å². The Bertz CT molecular complexity index is 1310. The lowest BCUT2D eigenvalue weighted by Crippen LogP contribution is -2.57. The van der Waals surface area contributed by atoms with Crippen molar-refractivity contribution in [2.75, 3.05) is 13.7 Å². The number of halogens is 3. The second-order valence-corrected chi connectivity index (χ2v) is 9.70. The Balaban J connectivity index is 1.43. The van der Waals surface area contributed by atoms with Crippen molar-refractivity contribution >= 4 is 0 Å². The SMILES string of the molecule is CO[C@@H]1[C@@H](n2cc(-c3cc(F)c(F)c(F)c3)nn2)[C@@H](O)[C@@H](CO)O[C@@H]1Cc1cc(C2(C#N)CCCC2)on1. The number of ether oxygens (including phenoxy) is 2. The van der Waals surface area contributed by atoms with Crippen LogP contribution in [0, 0.1) is 28.8 Å². The normalized spacial score (nSPS) is 26.9. The molecule has 1 aliphatic heterocycles. The fourth-order valence-corrected chi connectivity index (χ4v) is 5.42. The summed E-state index contributed by atoms with van der Waals surface area (Å²) in [5.41, 5.74) is -0.209. The maximum Gasteiger partial charge on any atom is 0.194 e. The van der Waals surface area contributed by atoms with Gasteiger partial charge in [-0.2, -0.15) is 5.26 Å². The van der Waals surface area contributed by atoms with E-state index in [1.54, 1.807) is 6.07 Å². The molecule has 2 aromatic heterocycles. The summed E-state index contributed by atoms with van der Waals surface area (Å²) in [6, 6.07) is 4.76. The minimum absolute atomic E-state index is 0.0351. The molecule has 5 atom stereocenters. The first-order valence-corrected chi connectivity index (χ1v) is 12.2. The van der Waals surface area contributed by atoms with Gasteiger partial charge in [0, 0.05) is 25.2 Å². The Labute approximate surface area is 215 Å². The molecule has 3 aromatic rings. The van der Waals surface area contributed by atoms with E-state index in [4.69, 9.17) is 14.0 Å². The molecule has 3 heterocycles. The van der Waals surface area contributed by atoms with Gasteiger partial charge >= 0.3 is 0 Å². The maximum atomic E-state index is 13.8. The number of rotatable bonds is 7. The Hall–Kier alpha value is -3.31. The van der Waals surface area contributed by atoms with E-state index in [0.29, 0.717) is 24.3 Å². The molecule has 10 nitrogen and oxygen atoms in total. The summed E-state index contributed by atoms with van der Waals surface area (Å²) in [6.45, 7) is -0.512. The van der Waals surface area contributed by atoms with Crippen molar-refractivity contribution in [3.63, 3.8) is 0 Å². The first-order chi connectivity index (χ1) is 18.3. The monoisotopic (exact) mass is 533 g/mol. The Kier molecular flexibility index (Phi) is 7.23. The highest BCUT2D eigenvalue weighted by atomic mass is 19.2. The van der Waals surface area contributed by atoms with Crippen molar-refractivity contribution in [1.82, 2.24) is 20.2 Å². The van der Waals surface area contributed by atoms with Crippen molar-refractivity contribution in [2.45, 2.75) is 68.0 Å². The Morgan fingerprint density at radius 3 is 2.53 bits per heavy atom. The molecule has 0 bridgehead atoms. The second-order valence-electron chi connectivity index (χ2n) is 9.70. The number of nitrogens with zero attached hydrogens (tertiary/aromatic N) is 5. The van der Waals surface area contributed by atoms with Gasteiger partial charge in [-0.25, -0.2) is 17.9 Å². The summed E-state index contributed by atoms with van der Waals surface area (Å²) < 4.78 is 59.4. The van der Waals surface area contributed by atoms with Crippen LogP contribution in [-0.2, 0) is 21.3 Å². The molecule has 2 fully saturated rings. The van der Waals surface area contributed by atoms with Gasteiger partial charge in [0.25, 0.3) is 0 Å². The highest BCUT2D eigenvalue weighted by Gasteiger charge is 2.47. The highest BCUT2D eigenvalue weighted by molar-refractivity contribution is 5.58. The quantitative estimate of drug-likeness (QED) is 0.439. The third-order valence-corrected chi connectivity index (χ3v) is 7.44. The van der Waals surface area contributed by atoms with E-state index in [2.05, 4.69) is 21.5 Å². The predicted octanol–water partition coefficient (Wildman–Crippen LogP) is 2.61. The standard InChI is InChI=1S/C25H26F3N5O5/c1-36-24-18(8-14-9-20(38-31-14)25(12-29)4-2-3-5-25)37-19(11-34)23(35)22(24)33-10-17(30-32-33)13-6-15(26)21(28)16(27)7-13/h6-7,9-10,18-19,22-24,34-35H,2-5,8,11H2,1H3/t18-,19-,22+,23+,24+/m1/s1. The third kappa shape index (κ3) is 4.58. The van der Waals surface area contributed by atoms with Gasteiger partial charge in [-0.05, 0) is 25.0 Å². The highest BCUT2D eigenvalue weighted by Crippen LogP contribution is 2.41. The summed E-state index contributed by atoms with van der Waals surface area (Å²) >= 11 is 0. The van der Waals surface area contributed by atoms with Crippen LogP contribution in [0.3, 0.4) is 0 Å². The maximum absolute atomic E-state index is 13.8. The van der Waals surface area contributed by atoms with Crippen LogP contribution in [0.15, 0.2) is 28.9 Å². The lowest BCUT2D eigenvalue weighted by Gasteiger charge is -2.43. The van der Waals surface area contributed by atoms with E-state index in [-0.39, 0.29) is 17.7 Å². The molecular formula is C25H26F3N5O5. The number of aliphatic hydroxyl groups excluding tert-OH is 2. The molecule has 2 aliphatic rings. The number of aromatic nitrogens is 4. The topological polar surface area (TPSA) is 139 Å². The van der Waals surface area contributed by atoms with Crippen molar-refractivity contribution in [3.8, 4) is 17.3 Å². The minimum Gasteiger partial charge on any atom is -0.394 e. The van der Waals surface area contributed by atoms with Crippen molar-refractivity contribution < 1.29 is 37.4 Å². The summed E-state index contributed by atoms with van der Waals surface area (Å²) in [6.07, 6.45) is 0.909. The molecule has 0 amide bonds. The van der Waals surface area contributed by atoms with Crippen LogP contribution in [0.5, 0.6) is 0 Å². The van der Waals surface area contributed by atoms with Crippen LogP contribution >= 0.6 is 0 Å². The molecule has 5 rings (SSSR count). The summed E-state index contributed by atoms with van der Waals surface area (Å²) in [5.74, 6) is -3.86. The van der Waals surface area contributed by atoms with Gasteiger partial charge in [0.1, 0.15) is 35.5 Å². The lowest BCUT2D eigenvalue weighted by molar-refractivity contribution is -0.212. The molecular weight excluding hydrogens is 507 g/mol. The largest absolute Gasteiger partial charge is 0.394 e. The summed E-state index contributed by atoms with van der Waals surface area (Å²) in [4.78, 5) is 0. The molecule has 0 unspecified atom stereocenters. The van der Waals surface area contributed by atoms with Gasteiger partial charge in [0.2, 0.25) is 0 Å². The molecule has 202 valence electrons. The molecule has 1 aromatic carbocycles. The van der Waals surface area contributed by atoms with Crippen molar-refractivity contribution in [2.24, 2.45) is 0 Å². The first-order valence-electron chi connectivity index (χ1n) is 12.2. The molecule has 0 spiro atoms. The van der Waals surface area contributed by atoms with Crippen molar-refractivity contribution in [1.29, 1.82) is 5.26 Å². The number of aliphatic hydroxyl groups is 2. The number of methoxy groups -OCH3 is 1. The fourth-order valence-electron chi connectivity index (χ4n) is 5.42. The zero-order valence-electron chi connectivity index (χ0n) is 20.4. The van der Waals surface area contributed by atoms with E-state index in [9.17, 15) is 28.6 Å². The van der Waals surface area contributed by atoms with Gasteiger partial charge in [0.15, 0.2) is 23.2 Å². The number of benzene rings is 1. The molecule has 0 radical (unpaired) electrons.